The first-order valence-corrected chi connectivity index (χ1v) is 9.83. The van der Waals surface area contributed by atoms with Gasteiger partial charge in [0, 0.05) is 10.6 Å². The molecule has 7 heteroatoms. The largest absolute Gasteiger partial charge is 0.361 e. The van der Waals surface area contributed by atoms with E-state index in [9.17, 15) is 4.79 Å². The molecular weight excluding hydrogens is 384 g/mol. The molecule has 0 aliphatic rings. The predicted molar refractivity (Wildman–Crippen MR) is 114 cm³/mol. The topological polar surface area (TPSA) is 79.9 Å². The summed E-state index contributed by atoms with van der Waals surface area (Å²) in [6.07, 6.45) is 0. The Hall–Kier alpha value is -3.58. The number of rotatable bonds is 5. The molecule has 0 atom stereocenters. The van der Waals surface area contributed by atoms with Gasteiger partial charge >= 0.3 is 0 Å². The summed E-state index contributed by atoms with van der Waals surface area (Å²) in [5.74, 6) is 0.586. The van der Waals surface area contributed by atoms with Gasteiger partial charge < -0.3 is 9.84 Å². The Labute approximate surface area is 171 Å². The normalized spacial score (nSPS) is 11.1. The van der Waals surface area contributed by atoms with Crippen molar-refractivity contribution in [3.05, 3.63) is 83.1 Å². The zero-order valence-electron chi connectivity index (χ0n) is 15.9. The van der Waals surface area contributed by atoms with Crippen molar-refractivity contribution in [3.63, 3.8) is 0 Å². The molecule has 0 fully saturated rings. The molecule has 144 valence electrons. The highest BCUT2D eigenvalue weighted by Crippen LogP contribution is 2.33. The number of thiophene rings is 1. The number of azo groups is 1. The monoisotopic (exact) mass is 402 g/mol. The van der Waals surface area contributed by atoms with Gasteiger partial charge in [0.2, 0.25) is 0 Å². The SMILES string of the molecule is Cc1noc(C)c1-c1ccc(C(=O)Nc2ccc(N=Nc3ccccc3)cc2)s1. The Morgan fingerprint density at radius 3 is 2.28 bits per heavy atom. The maximum absolute atomic E-state index is 12.6. The van der Waals surface area contributed by atoms with Gasteiger partial charge in [-0.15, -0.1) is 11.3 Å². The fraction of sp³-hybridized carbons (Fsp3) is 0.0909. The van der Waals surface area contributed by atoms with Crippen LogP contribution in [0.4, 0.5) is 17.1 Å². The second-order valence-corrected chi connectivity index (χ2v) is 7.48. The van der Waals surface area contributed by atoms with E-state index >= 15 is 0 Å². The summed E-state index contributed by atoms with van der Waals surface area (Å²) in [5.41, 5.74) is 3.96. The minimum absolute atomic E-state index is 0.160. The molecule has 1 N–H and O–H groups in total. The van der Waals surface area contributed by atoms with E-state index in [0.29, 0.717) is 16.3 Å². The van der Waals surface area contributed by atoms with Crippen LogP contribution in [-0.4, -0.2) is 11.1 Å². The second-order valence-electron chi connectivity index (χ2n) is 6.40. The third kappa shape index (κ3) is 4.30. The van der Waals surface area contributed by atoms with Gasteiger partial charge in [-0.2, -0.15) is 10.2 Å². The summed E-state index contributed by atoms with van der Waals surface area (Å²) in [6.45, 7) is 3.76. The molecule has 6 nitrogen and oxygen atoms in total. The Morgan fingerprint density at radius 2 is 1.62 bits per heavy atom. The van der Waals surface area contributed by atoms with Crippen LogP contribution in [0.3, 0.4) is 0 Å². The van der Waals surface area contributed by atoms with Crippen molar-refractivity contribution in [2.75, 3.05) is 5.32 Å². The van der Waals surface area contributed by atoms with Crippen molar-refractivity contribution < 1.29 is 9.32 Å². The number of benzene rings is 2. The summed E-state index contributed by atoms with van der Waals surface area (Å²) in [6, 6.07) is 20.5. The maximum atomic E-state index is 12.6. The number of hydrogen-bond acceptors (Lipinski definition) is 6. The first-order valence-electron chi connectivity index (χ1n) is 9.01. The number of nitrogens with one attached hydrogen (secondary N) is 1. The minimum Gasteiger partial charge on any atom is -0.361 e. The Morgan fingerprint density at radius 1 is 0.931 bits per heavy atom. The number of aryl methyl sites for hydroxylation is 2. The summed E-state index contributed by atoms with van der Waals surface area (Å²) in [7, 11) is 0. The van der Waals surface area contributed by atoms with E-state index in [1.165, 1.54) is 11.3 Å². The van der Waals surface area contributed by atoms with Gasteiger partial charge in [0.25, 0.3) is 5.91 Å². The third-order valence-electron chi connectivity index (χ3n) is 4.27. The average Bonchev–Trinajstić information content (AvgIpc) is 3.34. The van der Waals surface area contributed by atoms with E-state index in [1.54, 1.807) is 12.1 Å². The van der Waals surface area contributed by atoms with E-state index in [-0.39, 0.29) is 5.91 Å². The van der Waals surface area contributed by atoms with E-state index in [1.807, 2.05) is 68.4 Å². The number of carbonyl (C=O) groups excluding carboxylic acids is 1. The lowest BCUT2D eigenvalue weighted by Gasteiger charge is -2.03. The van der Waals surface area contributed by atoms with Crippen molar-refractivity contribution >= 4 is 34.3 Å². The van der Waals surface area contributed by atoms with Crippen molar-refractivity contribution in [2.24, 2.45) is 10.2 Å². The zero-order valence-corrected chi connectivity index (χ0v) is 16.7. The first-order chi connectivity index (χ1) is 14.1. The van der Waals surface area contributed by atoms with Gasteiger partial charge in [-0.25, -0.2) is 0 Å². The van der Waals surface area contributed by atoms with Crippen molar-refractivity contribution in [3.8, 4) is 10.4 Å². The van der Waals surface area contributed by atoms with Crippen LogP contribution in [0.2, 0.25) is 0 Å². The van der Waals surface area contributed by atoms with Crippen LogP contribution in [0, 0.1) is 13.8 Å². The Balaban J connectivity index is 1.43. The van der Waals surface area contributed by atoms with Crippen molar-refractivity contribution in [1.82, 2.24) is 5.16 Å². The van der Waals surface area contributed by atoms with Crippen molar-refractivity contribution in [1.29, 1.82) is 0 Å². The van der Waals surface area contributed by atoms with Crippen LogP contribution in [-0.2, 0) is 0 Å². The highest BCUT2D eigenvalue weighted by Gasteiger charge is 2.16. The summed E-state index contributed by atoms with van der Waals surface area (Å²) < 4.78 is 5.21. The first kappa shape index (κ1) is 18.8. The predicted octanol–water partition coefficient (Wildman–Crippen LogP) is 6.69. The quantitative estimate of drug-likeness (QED) is 0.378. The molecule has 0 saturated carbocycles. The molecule has 0 aliphatic carbocycles. The fourth-order valence-corrected chi connectivity index (χ4v) is 3.89. The summed E-state index contributed by atoms with van der Waals surface area (Å²) >= 11 is 1.41. The maximum Gasteiger partial charge on any atom is 0.265 e. The van der Waals surface area contributed by atoms with E-state index in [4.69, 9.17) is 4.52 Å². The second kappa shape index (κ2) is 8.20. The number of carbonyl (C=O) groups is 1. The molecule has 29 heavy (non-hydrogen) atoms. The van der Waals surface area contributed by atoms with Crippen LogP contribution in [0.15, 0.2) is 81.5 Å². The van der Waals surface area contributed by atoms with Crippen LogP contribution in [0.25, 0.3) is 10.4 Å². The molecule has 2 aromatic heterocycles. The van der Waals surface area contributed by atoms with Crippen LogP contribution >= 0.6 is 11.3 Å². The number of nitrogens with zero attached hydrogens (tertiary/aromatic N) is 3. The molecule has 4 rings (SSSR count). The third-order valence-corrected chi connectivity index (χ3v) is 5.37. The molecule has 0 unspecified atom stereocenters. The van der Waals surface area contributed by atoms with Gasteiger partial charge in [-0.05, 0) is 62.4 Å². The Bertz CT molecular complexity index is 1140. The lowest BCUT2D eigenvalue weighted by atomic mass is 10.2. The highest BCUT2D eigenvalue weighted by molar-refractivity contribution is 7.17. The summed E-state index contributed by atoms with van der Waals surface area (Å²) in [4.78, 5) is 14.2. The van der Waals surface area contributed by atoms with Crippen molar-refractivity contribution in [2.45, 2.75) is 13.8 Å². The summed E-state index contributed by atoms with van der Waals surface area (Å²) in [5, 5.41) is 15.3. The lowest BCUT2D eigenvalue weighted by molar-refractivity contribution is 0.103. The Kier molecular flexibility index (Phi) is 5.31. The molecule has 0 spiro atoms. The van der Waals surface area contributed by atoms with Gasteiger partial charge in [0.1, 0.15) is 5.76 Å². The fourth-order valence-electron chi connectivity index (χ4n) is 2.84. The van der Waals surface area contributed by atoms with E-state index in [0.717, 1.165) is 27.6 Å². The molecule has 2 aromatic carbocycles. The molecule has 0 saturated heterocycles. The molecule has 0 aliphatic heterocycles. The average molecular weight is 402 g/mol. The highest BCUT2D eigenvalue weighted by atomic mass is 32.1. The smallest absolute Gasteiger partial charge is 0.265 e. The number of amides is 1. The van der Waals surface area contributed by atoms with E-state index in [2.05, 4.69) is 20.7 Å². The molecule has 2 heterocycles. The molecule has 0 bridgehead atoms. The number of anilines is 1. The number of aromatic nitrogens is 1. The standard InChI is InChI=1S/C22H18N4O2S/c1-14-21(15(2)28-26-14)19-12-13-20(29-19)22(27)23-16-8-10-18(11-9-16)25-24-17-6-4-3-5-7-17/h3-13H,1-2H3,(H,23,27). The molecule has 4 aromatic rings. The van der Waals surface area contributed by atoms with Gasteiger partial charge in [0.15, 0.2) is 0 Å². The molecular formula is C22H18N4O2S. The van der Waals surface area contributed by atoms with Crippen LogP contribution in [0.1, 0.15) is 21.1 Å². The molecule has 1 amide bonds. The zero-order chi connectivity index (χ0) is 20.2. The van der Waals surface area contributed by atoms with Gasteiger partial charge in [-0.3, -0.25) is 4.79 Å². The lowest BCUT2D eigenvalue weighted by Crippen LogP contribution is -2.09. The van der Waals surface area contributed by atoms with Gasteiger partial charge in [-0.1, -0.05) is 23.4 Å². The van der Waals surface area contributed by atoms with Gasteiger partial charge in [0.05, 0.1) is 27.5 Å². The van der Waals surface area contributed by atoms with Crippen LogP contribution < -0.4 is 5.32 Å². The van der Waals surface area contributed by atoms with E-state index < -0.39 is 0 Å². The number of hydrogen-bond donors (Lipinski definition) is 1. The molecule has 0 radical (unpaired) electrons. The van der Waals surface area contributed by atoms with Crippen LogP contribution in [0.5, 0.6) is 0 Å². The minimum atomic E-state index is -0.160.